The van der Waals surface area contributed by atoms with E-state index in [0.29, 0.717) is 0 Å². The highest BCUT2D eigenvalue weighted by molar-refractivity contribution is 6.36. The minimum atomic E-state index is -1.42. The minimum Gasteiger partial charge on any atom is -0.475 e. The number of carboxylic acid groups (broad SMARTS) is 1. The number of ketones is 1. The van der Waals surface area contributed by atoms with E-state index in [0.717, 1.165) is 0 Å². The first-order valence-corrected chi connectivity index (χ1v) is 2.48. The van der Waals surface area contributed by atoms with Gasteiger partial charge in [-0.25, -0.2) is 4.79 Å². The summed E-state index contributed by atoms with van der Waals surface area (Å²) in [5.41, 5.74) is -1.01. The predicted molar refractivity (Wildman–Crippen MR) is 27.0 cm³/mol. The van der Waals surface area contributed by atoms with Crippen molar-refractivity contribution in [2.75, 3.05) is 6.61 Å². The van der Waals surface area contributed by atoms with Gasteiger partial charge in [0.15, 0.2) is 5.60 Å². The van der Waals surface area contributed by atoms with E-state index in [4.69, 9.17) is 5.11 Å². The smallest absolute Gasteiger partial charge is 0.375 e. The Labute approximate surface area is 51.4 Å². The monoisotopic (exact) mass is 130 g/mol. The molecule has 0 amide bonds. The van der Waals surface area contributed by atoms with Crippen molar-refractivity contribution >= 4 is 11.8 Å². The minimum absolute atomic E-state index is 0.234. The molecular weight excluding hydrogens is 124 g/mol. The summed E-state index contributed by atoms with van der Waals surface area (Å²) in [5.74, 6) is -2.28. The first kappa shape index (κ1) is 6.22. The lowest BCUT2D eigenvalue weighted by atomic mass is 10.1. The first-order chi connectivity index (χ1) is 4.06. The van der Waals surface area contributed by atoms with Gasteiger partial charge in [0.2, 0.25) is 0 Å². The standard InChI is InChI=1S/C5H6O4/c1-5(2-9-5)3(6)4(7)8/h2H2,1H3,(H,7,8)/t5-/m0/s1. The maximum atomic E-state index is 10.5. The molecule has 0 aromatic rings. The topological polar surface area (TPSA) is 66.9 Å². The Balaban J connectivity index is 2.63. The van der Waals surface area contributed by atoms with E-state index in [1.165, 1.54) is 6.92 Å². The van der Waals surface area contributed by atoms with Crippen LogP contribution in [-0.4, -0.2) is 29.1 Å². The van der Waals surface area contributed by atoms with Gasteiger partial charge in [-0.05, 0) is 6.92 Å². The normalized spacial score (nSPS) is 31.7. The summed E-state index contributed by atoms with van der Waals surface area (Å²) in [4.78, 5) is 20.5. The van der Waals surface area contributed by atoms with Crippen molar-refractivity contribution < 1.29 is 19.4 Å². The maximum absolute atomic E-state index is 10.5. The number of carbonyl (C=O) groups is 2. The molecule has 0 aliphatic carbocycles. The van der Waals surface area contributed by atoms with Crippen molar-refractivity contribution in [1.82, 2.24) is 0 Å². The highest BCUT2D eigenvalue weighted by atomic mass is 16.6. The van der Waals surface area contributed by atoms with E-state index in [2.05, 4.69) is 4.74 Å². The molecule has 50 valence electrons. The zero-order chi connectivity index (χ0) is 7.07. The van der Waals surface area contributed by atoms with Crippen LogP contribution in [0.15, 0.2) is 0 Å². The summed E-state index contributed by atoms with van der Waals surface area (Å²) < 4.78 is 4.59. The third-order valence-electron chi connectivity index (χ3n) is 1.25. The molecule has 0 bridgehead atoms. The zero-order valence-corrected chi connectivity index (χ0v) is 4.88. The molecule has 1 saturated heterocycles. The fourth-order valence-electron chi connectivity index (χ4n) is 0.466. The SMILES string of the molecule is C[C@@]1(C(=O)C(=O)O)CO1. The van der Waals surface area contributed by atoms with Crippen LogP contribution in [0.5, 0.6) is 0 Å². The molecule has 1 heterocycles. The summed E-state index contributed by atoms with van der Waals surface area (Å²) in [6.07, 6.45) is 0. The van der Waals surface area contributed by atoms with Crippen molar-refractivity contribution in [3.63, 3.8) is 0 Å². The molecule has 1 aliphatic rings. The average molecular weight is 130 g/mol. The molecule has 9 heavy (non-hydrogen) atoms. The van der Waals surface area contributed by atoms with Crippen molar-refractivity contribution in [1.29, 1.82) is 0 Å². The number of hydrogen-bond donors (Lipinski definition) is 1. The molecule has 0 unspecified atom stereocenters. The number of carboxylic acids is 1. The van der Waals surface area contributed by atoms with E-state index >= 15 is 0 Å². The molecule has 1 rings (SSSR count). The fraction of sp³-hybridized carbons (Fsp3) is 0.600. The Morgan fingerprint density at radius 1 is 1.67 bits per heavy atom. The van der Waals surface area contributed by atoms with Crippen LogP contribution < -0.4 is 0 Å². The van der Waals surface area contributed by atoms with Gasteiger partial charge in [-0.1, -0.05) is 0 Å². The van der Waals surface area contributed by atoms with Gasteiger partial charge < -0.3 is 9.84 Å². The second-order valence-electron chi connectivity index (χ2n) is 2.15. The predicted octanol–water partition coefficient (Wildman–Crippen LogP) is -0.571. The number of aliphatic carboxylic acids is 1. The summed E-state index contributed by atoms with van der Waals surface area (Å²) in [6.45, 7) is 1.70. The molecule has 0 aromatic carbocycles. The largest absolute Gasteiger partial charge is 0.475 e. The molecule has 1 atom stereocenters. The van der Waals surface area contributed by atoms with Crippen LogP contribution in [0.25, 0.3) is 0 Å². The second kappa shape index (κ2) is 1.54. The quantitative estimate of drug-likeness (QED) is 0.401. The molecule has 4 heteroatoms. The highest BCUT2D eigenvalue weighted by Crippen LogP contribution is 2.26. The van der Waals surface area contributed by atoms with Gasteiger partial charge in [-0.15, -0.1) is 0 Å². The molecule has 1 aliphatic heterocycles. The van der Waals surface area contributed by atoms with Crippen LogP contribution >= 0.6 is 0 Å². The van der Waals surface area contributed by atoms with Gasteiger partial charge >= 0.3 is 5.97 Å². The average Bonchev–Trinajstić information content (AvgIpc) is 2.47. The van der Waals surface area contributed by atoms with Gasteiger partial charge in [-0.2, -0.15) is 0 Å². The van der Waals surface area contributed by atoms with Crippen molar-refractivity contribution in [3.8, 4) is 0 Å². The Bertz CT molecular complexity index is 168. The van der Waals surface area contributed by atoms with E-state index < -0.39 is 17.4 Å². The number of epoxide rings is 1. The van der Waals surface area contributed by atoms with Crippen LogP contribution in [0.4, 0.5) is 0 Å². The second-order valence-corrected chi connectivity index (χ2v) is 2.15. The van der Waals surface area contributed by atoms with Crippen LogP contribution in [0.3, 0.4) is 0 Å². The first-order valence-electron chi connectivity index (χ1n) is 2.48. The Morgan fingerprint density at radius 2 is 2.11 bits per heavy atom. The van der Waals surface area contributed by atoms with E-state index in [-0.39, 0.29) is 6.61 Å². The lowest BCUT2D eigenvalue weighted by Gasteiger charge is -1.94. The summed E-state index contributed by atoms with van der Waals surface area (Å²) in [6, 6.07) is 0. The zero-order valence-electron chi connectivity index (χ0n) is 4.88. The summed E-state index contributed by atoms with van der Waals surface area (Å²) in [5, 5.41) is 8.13. The van der Waals surface area contributed by atoms with Gasteiger partial charge in [0.05, 0.1) is 6.61 Å². The highest BCUT2D eigenvalue weighted by Gasteiger charge is 2.50. The van der Waals surface area contributed by atoms with Gasteiger partial charge in [-0.3, -0.25) is 4.79 Å². The molecule has 0 radical (unpaired) electrons. The third kappa shape index (κ3) is 0.929. The van der Waals surface area contributed by atoms with Crippen LogP contribution in [0.2, 0.25) is 0 Å². The van der Waals surface area contributed by atoms with Gasteiger partial charge in [0, 0.05) is 0 Å². The number of hydrogen-bond acceptors (Lipinski definition) is 3. The number of ether oxygens (including phenoxy) is 1. The van der Waals surface area contributed by atoms with Crippen LogP contribution in [-0.2, 0) is 14.3 Å². The number of rotatable bonds is 2. The lowest BCUT2D eigenvalue weighted by molar-refractivity contribution is -0.151. The lowest BCUT2D eigenvalue weighted by Crippen LogP contribution is -2.28. The molecule has 1 N–H and O–H groups in total. The molecule has 1 fully saturated rings. The fourth-order valence-corrected chi connectivity index (χ4v) is 0.466. The molecule has 0 saturated carbocycles. The Morgan fingerprint density at radius 3 is 2.22 bits per heavy atom. The molecule has 0 aromatic heterocycles. The molecular formula is C5H6O4. The van der Waals surface area contributed by atoms with Crippen molar-refractivity contribution in [3.05, 3.63) is 0 Å². The van der Waals surface area contributed by atoms with Gasteiger partial charge in [0.25, 0.3) is 5.78 Å². The Kier molecular flexibility index (Phi) is 1.06. The summed E-state index contributed by atoms with van der Waals surface area (Å²) >= 11 is 0. The van der Waals surface area contributed by atoms with Crippen molar-refractivity contribution in [2.24, 2.45) is 0 Å². The summed E-state index contributed by atoms with van der Waals surface area (Å²) in [7, 11) is 0. The van der Waals surface area contributed by atoms with E-state index in [9.17, 15) is 9.59 Å². The van der Waals surface area contributed by atoms with Crippen LogP contribution in [0.1, 0.15) is 6.92 Å². The number of Topliss-reactive ketones (excluding diaryl/α,β-unsaturated/α-hetero) is 1. The number of carbonyl (C=O) groups excluding carboxylic acids is 1. The third-order valence-corrected chi connectivity index (χ3v) is 1.25. The maximum Gasteiger partial charge on any atom is 0.375 e. The molecule has 4 nitrogen and oxygen atoms in total. The Hall–Kier alpha value is -0.900. The van der Waals surface area contributed by atoms with Gasteiger partial charge in [0.1, 0.15) is 0 Å². The molecule has 0 spiro atoms. The van der Waals surface area contributed by atoms with E-state index in [1.54, 1.807) is 0 Å². The van der Waals surface area contributed by atoms with Crippen molar-refractivity contribution in [2.45, 2.75) is 12.5 Å². The van der Waals surface area contributed by atoms with Crippen LogP contribution in [0, 0.1) is 0 Å². The van der Waals surface area contributed by atoms with E-state index in [1.807, 2.05) is 0 Å².